The normalized spacial score (nSPS) is 11.0. The summed E-state index contributed by atoms with van der Waals surface area (Å²) >= 11 is 0. The number of aromatic nitrogens is 2. The van der Waals surface area contributed by atoms with E-state index in [0.29, 0.717) is 5.70 Å². The summed E-state index contributed by atoms with van der Waals surface area (Å²) in [5, 5.41) is 14.6. The molecule has 10 nitrogen and oxygen atoms in total. The van der Waals surface area contributed by atoms with E-state index in [-0.39, 0.29) is 17.3 Å². The number of nitrogens with two attached hydrogens (primary N) is 2. The number of carbonyl (C=O) groups excluding carboxylic acids is 1. The first-order valence-electron chi connectivity index (χ1n) is 7.86. The lowest BCUT2D eigenvalue weighted by molar-refractivity contribution is -0.113. The number of nitrogens with zero attached hydrogens (tertiary/aromatic N) is 2. The third-order valence-electron chi connectivity index (χ3n) is 3.72. The highest BCUT2D eigenvalue weighted by atomic mass is 16.3. The van der Waals surface area contributed by atoms with Gasteiger partial charge in [0.15, 0.2) is 5.69 Å². The van der Waals surface area contributed by atoms with Gasteiger partial charge in [-0.15, -0.1) is 0 Å². The molecular weight excluding hydrogens is 352 g/mol. The maximum absolute atomic E-state index is 11.6. The van der Waals surface area contributed by atoms with E-state index in [0.717, 1.165) is 14.8 Å². The third-order valence-corrected chi connectivity index (χ3v) is 3.72. The second kappa shape index (κ2) is 9.13. The molecule has 2 aromatic rings. The quantitative estimate of drug-likeness (QED) is 0.448. The van der Waals surface area contributed by atoms with Gasteiger partial charge in [0.05, 0.1) is 0 Å². The van der Waals surface area contributed by atoms with Gasteiger partial charge < -0.3 is 27.2 Å². The second-order valence-corrected chi connectivity index (χ2v) is 5.55. The first-order valence-corrected chi connectivity index (χ1v) is 7.86. The summed E-state index contributed by atoms with van der Waals surface area (Å²) < 4.78 is 1.73. The molecule has 0 aliphatic heterocycles. The summed E-state index contributed by atoms with van der Waals surface area (Å²) in [6.45, 7) is 1.75. The van der Waals surface area contributed by atoms with Gasteiger partial charge in [-0.25, -0.2) is 4.79 Å². The molecule has 1 aromatic carbocycles. The van der Waals surface area contributed by atoms with Gasteiger partial charge in [-0.2, -0.15) is 0 Å². The van der Waals surface area contributed by atoms with Crippen LogP contribution in [0.3, 0.4) is 0 Å². The molecule has 2 rings (SSSR count). The first kappa shape index (κ1) is 21.4. The standard InChI is InChI=1S/C11H15N3O.C6H9N3O3/c1-8(13-2)10(12)11(15)14-9-6-4-3-5-7-9;1-8-4(10)3(7)5(11)9(2)6(8)12/h3-7,13H,12H2,1-2H3,(H,14,15);10H,7H2,1-2H3/b10-8+;. The average molecular weight is 376 g/mol. The molecule has 0 radical (unpaired) electrons. The van der Waals surface area contributed by atoms with Crippen molar-refractivity contribution in [3.05, 3.63) is 62.6 Å². The van der Waals surface area contributed by atoms with Crippen molar-refractivity contribution in [1.29, 1.82) is 0 Å². The van der Waals surface area contributed by atoms with Crippen molar-refractivity contribution in [2.24, 2.45) is 19.8 Å². The van der Waals surface area contributed by atoms with E-state index in [1.807, 2.05) is 18.2 Å². The summed E-state index contributed by atoms with van der Waals surface area (Å²) in [6, 6.07) is 9.19. The van der Waals surface area contributed by atoms with E-state index in [2.05, 4.69) is 10.6 Å². The van der Waals surface area contributed by atoms with Crippen molar-refractivity contribution >= 4 is 17.3 Å². The fraction of sp³-hybridized carbons (Fsp3) is 0.235. The Labute approximate surface area is 155 Å². The lowest BCUT2D eigenvalue weighted by Crippen LogP contribution is -2.37. The van der Waals surface area contributed by atoms with Crippen LogP contribution in [-0.4, -0.2) is 27.2 Å². The average Bonchev–Trinajstić information content (AvgIpc) is 2.69. The van der Waals surface area contributed by atoms with Gasteiger partial charge in [0.25, 0.3) is 11.5 Å². The Bertz CT molecular complexity index is 923. The molecule has 0 saturated heterocycles. The van der Waals surface area contributed by atoms with Crippen LogP contribution in [-0.2, 0) is 18.9 Å². The Hall–Kier alpha value is -3.69. The molecule has 0 bridgehead atoms. The Kier molecular flexibility index (Phi) is 7.22. The predicted molar refractivity (Wildman–Crippen MR) is 104 cm³/mol. The number of amides is 1. The van der Waals surface area contributed by atoms with Gasteiger partial charge in [0, 0.05) is 32.5 Å². The topological polar surface area (TPSA) is 157 Å². The van der Waals surface area contributed by atoms with E-state index < -0.39 is 17.1 Å². The second-order valence-electron chi connectivity index (χ2n) is 5.55. The van der Waals surface area contributed by atoms with Crippen LogP contribution in [0.4, 0.5) is 11.4 Å². The van der Waals surface area contributed by atoms with Crippen LogP contribution in [0.5, 0.6) is 5.88 Å². The molecule has 0 saturated carbocycles. The fourth-order valence-electron chi connectivity index (χ4n) is 1.88. The van der Waals surface area contributed by atoms with Crippen LogP contribution in [0.25, 0.3) is 0 Å². The molecule has 0 spiro atoms. The number of nitrogen functional groups attached to an aromatic ring is 1. The number of carbonyl (C=O) groups is 1. The highest BCUT2D eigenvalue weighted by molar-refractivity contribution is 6.03. The third kappa shape index (κ3) is 5.14. The molecule has 1 amide bonds. The zero-order valence-electron chi connectivity index (χ0n) is 15.6. The largest absolute Gasteiger partial charge is 0.493 e. The van der Waals surface area contributed by atoms with Gasteiger partial charge in [0.2, 0.25) is 5.88 Å². The van der Waals surface area contributed by atoms with Crippen molar-refractivity contribution in [1.82, 2.24) is 14.5 Å². The highest BCUT2D eigenvalue weighted by Gasteiger charge is 2.10. The van der Waals surface area contributed by atoms with Crippen LogP contribution in [0.2, 0.25) is 0 Å². The maximum Gasteiger partial charge on any atom is 0.333 e. The number of benzene rings is 1. The van der Waals surface area contributed by atoms with Crippen LogP contribution in [0.1, 0.15) is 6.92 Å². The number of hydrogen-bond acceptors (Lipinski definition) is 7. The lowest BCUT2D eigenvalue weighted by atomic mass is 10.3. The Morgan fingerprint density at radius 3 is 2.19 bits per heavy atom. The number of aromatic hydroxyl groups is 1. The van der Waals surface area contributed by atoms with Crippen molar-refractivity contribution < 1.29 is 9.90 Å². The number of anilines is 2. The molecule has 7 N–H and O–H groups in total. The molecule has 1 aromatic heterocycles. The van der Waals surface area contributed by atoms with E-state index >= 15 is 0 Å². The van der Waals surface area contributed by atoms with Crippen LogP contribution in [0, 0.1) is 0 Å². The van der Waals surface area contributed by atoms with E-state index in [4.69, 9.17) is 16.6 Å². The fourth-order valence-corrected chi connectivity index (χ4v) is 1.88. The van der Waals surface area contributed by atoms with Gasteiger partial charge in [0.1, 0.15) is 5.70 Å². The molecule has 27 heavy (non-hydrogen) atoms. The van der Waals surface area contributed by atoms with Crippen LogP contribution >= 0.6 is 0 Å². The summed E-state index contributed by atoms with van der Waals surface area (Å²) in [5.74, 6) is -0.795. The Morgan fingerprint density at radius 2 is 1.67 bits per heavy atom. The zero-order valence-corrected chi connectivity index (χ0v) is 15.6. The first-order chi connectivity index (χ1) is 12.6. The van der Waals surface area contributed by atoms with Crippen molar-refractivity contribution in [3.63, 3.8) is 0 Å². The van der Waals surface area contributed by atoms with E-state index in [1.54, 1.807) is 26.1 Å². The summed E-state index contributed by atoms with van der Waals surface area (Å²) in [4.78, 5) is 33.7. The van der Waals surface area contributed by atoms with Gasteiger partial charge in [-0.05, 0) is 19.1 Å². The molecular formula is C17H24N6O4. The minimum absolute atomic E-state index is 0.196. The molecule has 0 fully saturated rings. The smallest absolute Gasteiger partial charge is 0.333 e. The molecule has 0 aliphatic rings. The molecule has 0 aliphatic carbocycles. The number of nitrogens with one attached hydrogen (secondary N) is 2. The van der Waals surface area contributed by atoms with Gasteiger partial charge >= 0.3 is 5.69 Å². The number of rotatable bonds is 3. The van der Waals surface area contributed by atoms with Crippen molar-refractivity contribution in [3.8, 4) is 5.88 Å². The molecule has 1 heterocycles. The summed E-state index contributed by atoms with van der Waals surface area (Å²) in [5.41, 5.74) is 10.8. The monoisotopic (exact) mass is 376 g/mol. The number of hydrogen-bond donors (Lipinski definition) is 5. The minimum atomic E-state index is -0.685. The van der Waals surface area contributed by atoms with Gasteiger partial charge in [-0.3, -0.25) is 18.7 Å². The lowest BCUT2D eigenvalue weighted by Gasteiger charge is -2.08. The SMILES string of the molecule is CN/C(C)=C(/N)C(=O)Nc1ccccc1.Cn1c(O)c(N)c(=O)n(C)c1=O. The minimum Gasteiger partial charge on any atom is -0.493 e. The number of para-hydroxylation sites is 1. The molecule has 10 heteroatoms. The molecule has 146 valence electrons. The van der Waals surface area contributed by atoms with Crippen molar-refractivity contribution in [2.75, 3.05) is 18.1 Å². The van der Waals surface area contributed by atoms with E-state index in [9.17, 15) is 14.4 Å². The van der Waals surface area contributed by atoms with Crippen LogP contribution < -0.4 is 33.3 Å². The Balaban J connectivity index is 0.000000277. The molecule has 0 unspecified atom stereocenters. The molecule has 0 atom stereocenters. The number of allylic oxidation sites excluding steroid dienone is 1. The maximum atomic E-state index is 11.6. The Morgan fingerprint density at radius 1 is 1.11 bits per heavy atom. The summed E-state index contributed by atoms with van der Waals surface area (Å²) in [7, 11) is 4.34. The van der Waals surface area contributed by atoms with Crippen molar-refractivity contribution in [2.45, 2.75) is 6.92 Å². The van der Waals surface area contributed by atoms with Crippen LogP contribution in [0.15, 0.2) is 51.3 Å². The van der Waals surface area contributed by atoms with Gasteiger partial charge in [-0.1, -0.05) is 18.2 Å². The predicted octanol–water partition coefficient (Wildman–Crippen LogP) is -0.593. The highest BCUT2D eigenvalue weighted by Crippen LogP contribution is 2.09. The zero-order chi connectivity index (χ0) is 20.7. The van der Waals surface area contributed by atoms with E-state index in [1.165, 1.54) is 14.1 Å². The summed E-state index contributed by atoms with van der Waals surface area (Å²) in [6.07, 6.45) is 0.